The normalized spacial score (nSPS) is 13.1. The van der Waals surface area contributed by atoms with Crippen molar-refractivity contribution >= 4 is 25.4 Å². The lowest BCUT2D eigenvalue weighted by molar-refractivity contribution is -0.143. The number of alkyl carbamates (subject to hydrolysis) is 1. The topological polar surface area (TPSA) is 117 Å². The van der Waals surface area contributed by atoms with E-state index in [1.165, 1.54) is 14.2 Å². The van der Waals surface area contributed by atoms with Crippen LogP contribution >= 0.6 is 7.60 Å². The van der Waals surface area contributed by atoms with Crippen LogP contribution in [-0.4, -0.2) is 57.0 Å². The summed E-state index contributed by atoms with van der Waals surface area (Å²) >= 11 is 0. The van der Waals surface area contributed by atoms with Crippen LogP contribution in [-0.2, 0) is 32.7 Å². The van der Waals surface area contributed by atoms with Crippen LogP contribution in [0.25, 0.3) is 0 Å². The van der Waals surface area contributed by atoms with Gasteiger partial charge in [0, 0.05) is 20.6 Å². The lowest BCUT2D eigenvalue weighted by atomic mass is 10.1. The fourth-order valence-corrected chi connectivity index (χ4v) is 2.64. The second kappa shape index (κ2) is 9.76. The molecular formula is C14H26NO8P. The third-order valence-corrected chi connectivity index (χ3v) is 4.67. The number of methoxy groups -OCH3 is 1. The fraction of sp³-hybridized carbons (Fsp3) is 0.786. The molecule has 0 saturated carbocycles. The molecule has 0 unspecified atom stereocenters. The maximum absolute atomic E-state index is 11.9. The van der Waals surface area contributed by atoms with Crippen LogP contribution in [0, 0.1) is 0 Å². The molecule has 1 atom stereocenters. The van der Waals surface area contributed by atoms with Crippen molar-refractivity contribution in [2.24, 2.45) is 0 Å². The zero-order chi connectivity index (χ0) is 19.0. The Morgan fingerprint density at radius 2 is 1.62 bits per heavy atom. The molecular weight excluding hydrogens is 341 g/mol. The van der Waals surface area contributed by atoms with Gasteiger partial charge in [0.1, 0.15) is 23.6 Å². The van der Waals surface area contributed by atoms with Gasteiger partial charge in [-0.3, -0.25) is 9.36 Å². The lowest BCUT2D eigenvalue weighted by Gasteiger charge is -2.22. The van der Waals surface area contributed by atoms with E-state index in [9.17, 15) is 18.9 Å². The van der Waals surface area contributed by atoms with Crippen LogP contribution in [0.1, 0.15) is 33.6 Å². The molecule has 0 rings (SSSR count). The van der Waals surface area contributed by atoms with Crippen molar-refractivity contribution in [3.63, 3.8) is 0 Å². The van der Waals surface area contributed by atoms with Gasteiger partial charge in [-0.15, -0.1) is 0 Å². The van der Waals surface area contributed by atoms with E-state index in [0.717, 1.165) is 7.11 Å². The Labute approximate surface area is 141 Å². The Morgan fingerprint density at radius 1 is 1.08 bits per heavy atom. The van der Waals surface area contributed by atoms with E-state index in [2.05, 4.69) is 19.1 Å². The molecule has 0 spiro atoms. The zero-order valence-corrected chi connectivity index (χ0v) is 15.8. The first-order valence-electron chi connectivity index (χ1n) is 7.26. The minimum Gasteiger partial charge on any atom is -0.467 e. The number of carbonyl (C=O) groups excluding carboxylic acids is 3. The third kappa shape index (κ3) is 9.00. The first-order chi connectivity index (χ1) is 11.0. The smallest absolute Gasteiger partial charge is 0.408 e. The Balaban J connectivity index is 4.70. The Bertz CT molecular complexity index is 491. The second-order valence-corrected chi connectivity index (χ2v) is 8.20. The van der Waals surface area contributed by atoms with Crippen LogP contribution in [0.2, 0.25) is 0 Å². The number of hydrogen-bond acceptors (Lipinski definition) is 8. The van der Waals surface area contributed by atoms with Crippen LogP contribution in [0.3, 0.4) is 0 Å². The average molecular weight is 367 g/mol. The minimum atomic E-state index is -3.46. The minimum absolute atomic E-state index is 0.0296. The van der Waals surface area contributed by atoms with Crippen molar-refractivity contribution in [1.29, 1.82) is 0 Å². The van der Waals surface area contributed by atoms with E-state index in [1.807, 2.05) is 0 Å². The predicted molar refractivity (Wildman–Crippen MR) is 85.9 cm³/mol. The van der Waals surface area contributed by atoms with Crippen molar-refractivity contribution in [1.82, 2.24) is 5.32 Å². The molecule has 1 amide bonds. The van der Waals surface area contributed by atoms with Crippen LogP contribution in [0.15, 0.2) is 0 Å². The largest absolute Gasteiger partial charge is 0.467 e. The number of amides is 1. The maximum atomic E-state index is 11.9. The van der Waals surface area contributed by atoms with Gasteiger partial charge in [-0.2, -0.15) is 0 Å². The van der Waals surface area contributed by atoms with Gasteiger partial charge in [0.2, 0.25) is 0 Å². The molecule has 0 heterocycles. The summed E-state index contributed by atoms with van der Waals surface area (Å²) in [5.41, 5.74) is -0.732. The van der Waals surface area contributed by atoms with E-state index in [-0.39, 0.29) is 12.8 Å². The molecule has 10 heteroatoms. The van der Waals surface area contributed by atoms with E-state index >= 15 is 0 Å². The number of ketones is 1. The van der Waals surface area contributed by atoms with Gasteiger partial charge >= 0.3 is 19.7 Å². The molecule has 0 saturated heterocycles. The lowest BCUT2D eigenvalue weighted by Crippen LogP contribution is -2.44. The summed E-state index contributed by atoms with van der Waals surface area (Å²) in [7, 11) is 0.0625. The number of ether oxygens (including phenoxy) is 2. The van der Waals surface area contributed by atoms with Gasteiger partial charge in [0.25, 0.3) is 0 Å². The number of carbonyl (C=O) groups is 3. The highest BCUT2D eigenvalue weighted by molar-refractivity contribution is 7.54. The van der Waals surface area contributed by atoms with Gasteiger partial charge < -0.3 is 23.8 Å². The Morgan fingerprint density at radius 3 is 2.04 bits per heavy atom. The van der Waals surface area contributed by atoms with Crippen molar-refractivity contribution in [3.05, 3.63) is 0 Å². The summed E-state index contributed by atoms with van der Waals surface area (Å²) in [5.74, 6) is -1.14. The molecule has 0 aromatic carbocycles. The Hall–Kier alpha value is -1.44. The molecule has 0 aliphatic carbocycles. The summed E-state index contributed by atoms with van der Waals surface area (Å²) in [4.78, 5) is 35.3. The molecule has 0 fully saturated rings. The fourth-order valence-electron chi connectivity index (χ4n) is 1.65. The summed E-state index contributed by atoms with van der Waals surface area (Å²) in [6.07, 6.45) is -1.37. The molecule has 0 radical (unpaired) electrons. The van der Waals surface area contributed by atoms with Crippen molar-refractivity contribution in [2.45, 2.75) is 45.3 Å². The van der Waals surface area contributed by atoms with Crippen LogP contribution < -0.4 is 5.32 Å². The summed E-state index contributed by atoms with van der Waals surface area (Å²) in [6.45, 7) is 5.03. The van der Waals surface area contributed by atoms with Crippen molar-refractivity contribution < 1.29 is 37.5 Å². The second-order valence-electron chi connectivity index (χ2n) is 5.93. The highest BCUT2D eigenvalue weighted by Crippen LogP contribution is 2.46. The van der Waals surface area contributed by atoms with Crippen molar-refractivity contribution in [2.75, 3.05) is 27.5 Å². The summed E-state index contributed by atoms with van der Waals surface area (Å²) < 4.78 is 30.9. The van der Waals surface area contributed by atoms with Gasteiger partial charge in [0.05, 0.1) is 7.11 Å². The third-order valence-electron chi connectivity index (χ3n) is 2.81. The highest BCUT2D eigenvalue weighted by atomic mass is 31.2. The van der Waals surface area contributed by atoms with Gasteiger partial charge in [-0.05, 0) is 27.2 Å². The summed E-state index contributed by atoms with van der Waals surface area (Å²) in [5, 5.41) is 2.35. The molecule has 9 nitrogen and oxygen atoms in total. The molecule has 0 bridgehead atoms. The maximum Gasteiger partial charge on any atom is 0.408 e. The molecule has 0 aliphatic heterocycles. The van der Waals surface area contributed by atoms with Gasteiger partial charge in [0.15, 0.2) is 0 Å². The summed E-state index contributed by atoms with van der Waals surface area (Å²) in [6, 6.07) is -1.06. The monoisotopic (exact) mass is 367 g/mol. The number of Topliss-reactive ketones (excluding diaryl/α,β-unsaturated/α-hetero) is 1. The Kier molecular flexibility index (Phi) is 9.17. The van der Waals surface area contributed by atoms with E-state index in [1.54, 1.807) is 20.8 Å². The quantitative estimate of drug-likeness (QED) is 0.485. The van der Waals surface area contributed by atoms with E-state index < -0.39 is 43.2 Å². The molecule has 140 valence electrons. The zero-order valence-electron chi connectivity index (χ0n) is 14.9. The van der Waals surface area contributed by atoms with Gasteiger partial charge in [-0.25, -0.2) is 9.59 Å². The van der Waals surface area contributed by atoms with E-state index in [0.29, 0.717) is 0 Å². The van der Waals surface area contributed by atoms with Crippen LogP contribution in [0.4, 0.5) is 4.79 Å². The standard InChI is InChI=1S/C14H26NO8P/c1-14(2,3)23-13(18)15-11(12(17)20-4)8-7-10(16)9-24(19,21-5)22-6/h11H,7-9H2,1-6H3,(H,15,18)/t11-/m1/s1. The number of nitrogens with one attached hydrogen (secondary N) is 1. The van der Waals surface area contributed by atoms with Crippen molar-refractivity contribution in [3.8, 4) is 0 Å². The first-order valence-corrected chi connectivity index (χ1v) is 8.98. The van der Waals surface area contributed by atoms with E-state index in [4.69, 9.17) is 4.74 Å². The molecule has 1 N–H and O–H groups in total. The molecule has 0 aromatic heterocycles. The highest BCUT2D eigenvalue weighted by Gasteiger charge is 2.29. The number of rotatable bonds is 9. The SMILES string of the molecule is COC(=O)[C@@H](CCC(=O)CP(=O)(OC)OC)NC(=O)OC(C)(C)C. The molecule has 0 aromatic rings. The van der Waals surface area contributed by atoms with Gasteiger partial charge in [-0.1, -0.05) is 0 Å². The first kappa shape index (κ1) is 22.6. The molecule has 24 heavy (non-hydrogen) atoms. The molecule has 0 aliphatic rings. The number of hydrogen-bond donors (Lipinski definition) is 1. The average Bonchev–Trinajstić information content (AvgIpc) is 2.48. The van der Waals surface area contributed by atoms with Crippen LogP contribution in [0.5, 0.6) is 0 Å². The predicted octanol–water partition coefficient (Wildman–Crippen LogP) is 1.89. The number of esters is 1.